The van der Waals surface area contributed by atoms with E-state index >= 15 is 0 Å². The Morgan fingerprint density at radius 3 is 2.95 bits per heavy atom. The summed E-state index contributed by atoms with van der Waals surface area (Å²) in [5, 5.41) is 3.31. The summed E-state index contributed by atoms with van der Waals surface area (Å²) in [6.07, 6.45) is 3.20. The Labute approximate surface area is 126 Å². The number of nitrogens with one attached hydrogen (secondary N) is 1. The number of para-hydroxylation sites is 1. The molecule has 0 radical (unpaired) electrons. The van der Waals surface area contributed by atoms with E-state index in [0.29, 0.717) is 19.7 Å². The molecule has 2 heterocycles. The van der Waals surface area contributed by atoms with Crippen LogP contribution >= 0.6 is 0 Å². The zero-order valence-corrected chi connectivity index (χ0v) is 12.9. The van der Waals surface area contributed by atoms with Crippen LogP contribution in [-0.4, -0.2) is 44.2 Å². The molecule has 0 aliphatic carbocycles. The fraction of sp³-hybridized carbons (Fsp3) is 0.600. The van der Waals surface area contributed by atoms with Gasteiger partial charge in [0.1, 0.15) is 12.4 Å². The summed E-state index contributed by atoms with van der Waals surface area (Å²) in [6.45, 7) is 2.16. The minimum atomic E-state index is -3.26. The molecule has 1 unspecified atom stereocenters. The van der Waals surface area contributed by atoms with Crippen molar-refractivity contribution in [2.75, 3.05) is 25.4 Å². The fourth-order valence-electron chi connectivity index (χ4n) is 2.97. The number of hydrogen-bond acceptors (Lipinski definition) is 4. The number of piperidine rings is 1. The second kappa shape index (κ2) is 6.34. The van der Waals surface area contributed by atoms with E-state index in [1.54, 1.807) is 4.31 Å². The molecule has 0 amide bonds. The lowest BCUT2D eigenvalue weighted by atomic mass is 10.1. The summed E-state index contributed by atoms with van der Waals surface area (Å²) < 4.78 is 32.5. The van der Waals surface area contributed by atoms with Gasteiger partial charge < -0.3 is 10.1 Å². The van der Waals surface area contributed by atoms with Crippen LogP contribution in [0.3, 0.4) is 0 Å². The standard InChI is InChI=1S/C15H22N2O3S/c18-21(19,12-14-6-3-4-8-16-14)17-9-10-20-15-7-2-1-5-13(15)11-17/h1-2,5,7,14,16H,3-4,6,8-12H2. The minimum Gasteiger partial charge on any atom is -0.492 e. The quantitative estimate of drug-likeness (QED) is 0.916. The largest absolute Gasteiger partial charge is 0.492 e. The molecule has 116 valence electrons. The molecular weight excluding hydrogens is 288 g/mol. The Morgan fingerprint density at radius 1 is 1.29 bits per heavy atom. The molecule has 0 saturated carbocycles. The van der Waals surface area contributed by atoms with Crippen molar-refractivity contribution < 1.29 is 13.2 Å². The van der Waals surface area contributed by atoms with E-state index < -0.39 is 10.0 Å². The van der Waals surface area contributed by atoms with E-state index in [4.69, 9.17) is 4.74 Å². The molecule has 0 bridgehead atoms. The number of rotatable bonds is 3. The highest BCUT2D eigenvalue weighted by molar-refractivity contribution is 7.89. The highest BCUT2D eigenvalue weighted by atomic mass is 32.2. The summed E-state index contributed by atoms with van der Waals surface area (Å²) in [5.41, 5.74) is 0.940. The Kier molecular flexibility index (Phi) is 4.47. The van der Waals surface area contributed by atoms with Crippen LogP contribution in [0, 0.1) is 0 Å². The lowest BCUT2D eigenvalue weighted by Gasteiger charge is -2.26. The molecule has 21 heavy (non-hydrogen) atoms. The van der Waals surface area contributed by atoms with Crippen molar-refractivity contribution >= 4 is 10.0 Å². The Bertz CT molecular complexity index is 582. The first-order valence-corrected chi connectivity index (χ1v) is 9.18. The predicted octanol–water partition coefficient (Wildman–Crippen LogP) is 1.35. The summed E-state index contributed by atoms with van der Waals surface area (Å²) in [6, 6.07) is 7.75. The smallest absolute Gasteiger partial charge is 0.216 e. The number of fused-ring (bicyclic) bond motifs is 1. The van der Waals surface area contributed by atoms with Crippen molar-refractivity contribution in [2.45, 2.75) is 31.8 Å². The maximum absolute atomic E-state index is 12.6. The number of nitrogens with zero attached hydrogens (tertiary/aromatic N) is 1. The number of sulfonamides is 1. The summed E-state index contributed by atoms with van der Waals surface area (Å²) in [4.78, 5) is 0. The van der Waals surface area contributed by atoms with Crippen LogP contribution in [0.5, 0.6) is 5.75 Å². The molecule has 1 saturated heterocycles. The van der Waals surface area contributed by atoms with Crippen LogP contribution in [0.2, 0.25) is 0 Å². The van der Waals surface area contributed by atoms with Crippen molar-refractivity contribution in [1.29, 1.82) is 0 Å². The molecule has 0 spiro atoms. The lowest BCUT2D eigenvalue weighted by molar-refractivity contribution is 0.291. The average molecular weight is 310 g/mol. The van der Waals surface area contributed by atoms with E-state index in [0.717, 1.165) is 37.1 Å². The Hall–Kier alpha value is -1.11. The molecule has 1 atom stereocenters. The number of hydrogen-bond donors (Lipinski definition) is 1. The van der Waals surface area contributed by atoms with Crippen molar-refractivity contribution in [3.63, 3.8) is 0 Å². The van der Waals surface area contributed by atoms with Gasteiger partial charge in [0.15, 0.2) is 0 Å². The molecule has 1 N–H and O–H groups in total. The lowest BCUT2D eigenvalue weighted by Crippen LogP contribution is -2.44. The fourth-order valence-corrected chi connectivity index (χ4v) is 4.66. The Morgan fingerprint density at radius 2 is 2.14 bits per heavy atom. The van der Waals surface area contributed by atoms with Crippen LogP contribution in [-0.2, 0) is 16.6 Å². The topological polar surface area (TPSA) is 58.6 Å². The predicted molar refractivity (Wildman–Crippen MR) is 81.8 cm³/mol. The molecule has 2 aliphatic rings. The monoisotopic (exact) mass is 310 g/mol. The van der Waals surface area contributed by atoms with Gasteiger partial charge in [0.05, 0.1) is 5.75 Å². The van der Waals surface area contributed by atoms with Gasteiger partial charge in [-0.15, -0.1) is 0 Å². The molecule has 1 aromatic carbocycles. The first-order chi connectivity index (χ1) is 10.1. The summed E-state index contributed by atoms with van der Waals surface area (Å²) in [7, 11) is -3.26. The SMILES string of the molecule is O=S(=O)(CC1CCCCN1)N1CCOc2ccccc2C1. The van der Waals surface area contributed by atoms with Gasteiger partial charge in [0.2, 0.25) is 10.0 Å². The molecule has 1 fully saturated rings. The first kappa shape index (κ1) is 14.8. The molecule has 2 aliphatic heterocycles. The third-order valence-corrected chi connectivity index (χ3v) is 6.06. The van der Waals surface area contributed by atoms with E-state index in [9.17, 15) is 8.42 Å². The van der Waals surface area contributed by atoms with Crippen LogP contribution < -0.4 is 10.1 Å². The van der Waals surface area contributed by atoms with Crippen molar-refractivity contribution in [2.24, 2.45) is 0 Å². The van der Waals surface area contributed by atoms with Crippen LogP contribution in [0.1, 0.15) is 24.8 Å². The maximum atomic E-state index is 12.6. The van der Waals surface area contributed by atoms with Gasteiger partial charge in [-0.05, 0) is 25.5 Å². The van der Waals surface area contributed by atoms with Gasteiger partial charge in [-0.1, -0.05) is 24.6 Å². The van der Waals surface area contributed by atoms with E-state index in [2.05, 4.69) is 5.32 Å². The van der Waals surface area contributed by atoms with Gasteiger partial charge in [-0.2, -0.15) is 4.31 Å². The van der Waals surface area contributed by atoms with Gasteiger partial charge in [-0.3, -0.25) is 0 Å². The Balaban J connectivity index is 1.73. The van der Waals surface area contributed by atoms with Gasteiger partial charge in [0.25, 0.3) is 0 Å². The zero-order valence-electron chi connectivity index (χ0n) is 12.1. The van der Waals surface area contributed by atoms with E-state index in [1.807, 2.05) is 24.3 Å². The van der Waals surface area contributed by atoms with Crippen LogP contribution in [0.15, 0.2) is 24.3 Å². The van der Waals surface area contributed by atoms with Gasteiger partial charge in [0, 0.05) is 24.7 Å². The van der Waals surface area contributed by atoms with Crippen molar-refractivity contribution in [3.05, 3.63) is 29.8 Å². The third kappa shape index (κ3) is 3.56. The first-order valence-electron chi connectivity index (χ1n) is 7.57. The molecule has 1 aromatic rings. The summed E-state index contributed by atoms with van der Waals surface area (Å²) >= 11 is 0. The molecule has 6 heteroatoms. The zero-order chi connectivity index (χ0) is 14.7. The van der Waals surface area contributed by atoms with Gasteiger partial charge >= 0.3 is 0 Å². The van der Waals surface area contributed by atoms with Gasteiger partial charge in [-0.25, -0.2) is 8.42 Å². The molecule has 3 rings (SSSR count). The van der Waals surface area contributed by atoms with Crippen LogP contribution in [0.25, 0.3) is 0 Å². The van der Waals surface area contributed by atoms with Crippen molar-refractivity contribution in [3.8, 4) is 5.75 Å². The second-order valence-corrected chi connectivity index (χ2v) is 7.73. The highest BCUT2D eigenvalue weighted by Gasteiger charge is 2.29. The number of benzene rings is 1. The molecule has 5 nitrogen and oxygen atoms in total. The average Bonchev–Trinajstić information content (AvgIpc) is 2.70. The molecule has 0 aromatic heterocycles. The van der Waals surface area contributed by atoms with Crippen molar-refractivity contribution in [1.82, 2.24) is 9.62 Å². The maximum Gasteiger partial charge on any atom is 0.216 e. The minimum absolute atomic E-state index is 0.0863. The summed E-state index contributed by atoms with van der Waals surface area (Å²) in [5.74, 6) is 0.987. The highest BCUT2D eigenvalue weighted by Crippen LogP contribution is 2.24. The van der Waals surface area contributed by atoms with E-state index in [-0.39, 0.29) is 11.8 Å². The number of ether oxygens (including phenoxy) is 1. The molecular formula is C15H22N2O3S. The van der Waals surface area contributed by atoms with E-state index in [1.165, 1.54) is 0 Å². The second-order valence-electron chi connectivity index (χ2n) is 5.72. The van der Waals surface area contributed by atoms with Crippen LogP contribution in [0.4, 0.5) is 0 Å². The normalized spacial score (nSPS) is 23.9. The third-order valence-electron chi connectivity index (χ3n) is 4.14.